The summed E-state index contributed by atoms with van der Waals surface area (Å²) in [4.78, 5) is 14.5. The second-order valence-electron chi connectivity index (χ2n) is 7.53. The molecule has 2 aromatic carbocycles. The zero-order valence-corrected chi connectivity index (χ0v) is 16.8. The molecule has 0 saturated heterocycles. The van der Waals surface area contributed by atoms with Gasteiger partial charge in [0.1, 0.15) is 0 Å². The molecule has 0 amide bonds. The Kier molecular flexibility index (Phi) is 9.23. The number of benzene rings is 2. The summed E-state index contributed by atoms with van der Waals surface area (Å²) in [5.74, 6) is 0.234. The molecule has 0 aromatic heterocycles. The van der Waals surface area contributed by atoms with Crippen LogP contribution in [0.5, 0.6) is 0 Å². The van der Waals surface area contributed by atoms with Crippen LogP contribution in [0.15, 0.2) is 48.5 Å². The Hall–Kier alpha value is -1.97. The number of nitrogens with zero attached hydrogens (tertiary/aromatic N) is 1. The summed E-state index contributed by atoms with van der Waals surface area (Å²) < 4.78 is 0. The minimum Gasteiger partial charge on any atom is -0.396 e. The predicted molar refractivity (Wildman–Crippen MR) is 113 cm³/mol. The zero-order chi connectivity index (χ0) is 19.5. The topological polar surface area (TPSA) is 40.5 Å². The van der Waals surface area contributed by atoms with Crippen LogP contribution in [0.2, 0.25) is 0 Å². The average Bonchev–Trinajstić information content (AvgIpc) is 2.67. The fourth-order valence-electron chi connectivity index (χ4n) is 3.27. The van der Waals surface area contributed by atoms with E-state index in [2.05, 4.69) is 43.3 Å². The molecule has 0 spiro atoms. The number of ketones is 1. The minimum absolute atomic E-state index is 0.234. The highest BCUT2D eigenvalue weighted by atomic mass is 16.2. The van der Waals surface area contributed by atoms with Gasteiger partial charge in [0.15, 0.2) is 5.78 Å². The third-order valence-electron chi connectivity index (χ3n) is 4.80. The summed E-state index contributed by atoms with van der Waals surface area (Å²) in [6.07, 6.45) is 6.94. The van der Waals surface area contributed by atoms with Gasteiger partial charge in [0.05, 0.1) is 0 Å². The molecule has 0 atom stereocenters. The lowest BCUT2D eigenvalue weighted by atomic mass is 9.99. The van der Waals surface area contributed by atoms with Crippen molar-refractivity contribution in [3.63, 3.8) is 0 Å². The molecule has 146 valence electrons. The Bertz CT molecular complexity index is 675. The highest BCUT2D eigenvalue weighted by Gasteiger charge is 2.06. The van der Waals surface area contributed by atoms with E-state index >= 15 is 0 Å². The van der Waals surface area contributed by atoms with E-state index in [4.69, 9.17) is 5.11 Å². The van der Waals surface area contributed by atoms with Crippen molar-refractivity contribution in [2.45, 2.75) is 51.5 Å². The van der Waals surface area contributed by atoms with E-state index in [0.29, 0.717) is 6.42 Å². The number of carbonyl (C=O) groups excluding carboxylic acids is 1. The smallest absolute Gasteiger partial charge is 0.162 e. The highest BCUT2D eigenvalue weighted by molar-refractivity contribution is 5.96. The van der Waals surface area contributed by atoms with E-state index in [1.807, 2.05) is 24.3 Å². The van der Waals surface area contributed by atoms with Gasteiger partial charge in [-0.2, -0.15) is 0 Å². The Labute approximate surface area is 164 Å². The molecule has 27 heavy (non-hydrogen) atoms. The van der Waals surface area contributed by atoms with Crippen molar-refractivity contribution >= 4 is 5.78 Å². The van der Waals surface area contributed by atoms with Crippen molar-refractivity contribution in [2.75, 3.05) is 20.7 Å². The number of carbonyl (C=O) groups is 1. The molecular formula is C24H33NO2. The molecule has 0 fully saturated rings. The van der Waals surface area contributed by atoms with Gasteiger partial charge in [0.2, 0.25) is 0 Å². The van der Waals surface area contributed by atoms with Crippen LogP contribution in [0.4, 0.5) is 0 Å². The molecule has 0 bridgehead atoms. The molecule has 0 aliphatic carbocycles. The van der Waals surface area contributed by atoms with Crippen LogP contribution in [0, 0.1) is 0 Å². The van der Waals surface area contributed by atoms with Gasteiger partial charge in [0, 0.05) is 25.1 Å². The normalized spacial score (nSPS) is 11.1. The molecule has 0 aliphatic heterocycles. The first-order valence-electron chi connectivity index (χ1n) is 10.1. The molecule has 0 unspecified atom stereocenters. The molecule has 2 aromatic rings. The molecule has 3 nitrogen and oxygen atoms in total. The Morgan fingerprint density at radius 2 is 1.30 bits per heavy atom. The number of hydrogen-bond donors (Lipinski definition) is 1. The molecule has 1 N–H and O–H groups in total. The molecule has 0 heterocycles. The highest BCUT2D eigenvalue weighted by Crippen LogP contribution is 2.21. The van der Waals surface area contributed by atoms with Gasteiger partial charge in [-0.1, -0.05) is 74.2 Å². The number of aliphatic hydroxyl groups excluding tert-OH is 1. The first-order chi connectivity index (χ1) is 13.1. The van der Waals surface area contributed by atoms with Gasteiger partial charge < -0.3 is 10.0 Å². The Balaban J connectivity index is 1.81. The number of Topliss-reactive ketones (excluding diaryl/α,β-unsaturated/α-hetero) is 1. The van der Waals surface area contributed by atoms with Gasteiger partial charge >= 0.3 is 0 Å². The summed E-state index contributed by atoms with van der Waals surface area (Å²) in [6, 6.07) is 16.6. The second kappa shape index (κ2) is 11.7. The van der Waals surface area contributed by atoms with Crippen molar-refractivity contribution in [3.8, 4) is 11.1 Å². The van der Waals surface area contributed by atoms with Crippen LogP contribution in [-0.2, 0) is 6.54 Å². The van der Waals surface area contributed by atoms with Crippen molar-refractivity contribution in [3.05, 3.63) is 59.7 Å². The molecule has 0 radical (unpaired) electrons. The monoisotopic (exact) mass is 367 g/mol. The fraction of sp³-hybridized carbons (Fsp3) is 0.458. The summed E-state index contributed by atoms with van der Waals surface area (Å²) in [7, 11) is 4.14. The molecular weight excluding hydrogens is 334 g/mol. The van der Waals surface area contributed by atoms with E-state index < -0.39 is 0 Å². The molecule has 2 rings (SSSR count). The van der Waals surface area contributed by atoms with Crippen molar-refractivity contribution in [1.82, 2.24) is 4.90 Å². The zero-order valence-electron chi connectivity index (χ0n) is 16.8. The van der Waals surface area contributed by atoms with Crippen molar-refractivity contribution in [2.24, 2.45) is 0 Å². The predicted octanol–water partition coefficient (Wildman–Crippen LogP) is 5.32. The standard InChI is InChI=1S/C24H33NO2/c1-25(2)19-20-10-12-21(13-11-20)22-14-16-23(17-15-22)24(27)9-7-5-3-4-6-8-18-26/h10-17,26H,3-9,18-19H2,1-2H3. The number of hydrogen-bond acceptors (Lipinski definition) is 3. The summed E-state index contributed by atoms with van der Waals surface area (Å²) in [5, 5.41) is 8.76. The number of aliphatic hydroxyl groups is 1. The lowest BCUT2D eigenvalue weighted by molar-refractivity contribution is 0.0979. The third-order valence-corrected chi connectivity index (χ3v) is 4.80. The van der Waals surface area contributed by atoms with E-state index in [0.717, 1.165) is 56.2 Å². The van der Waals surface area contributed by atoms with Gasteiger partial charge in [-0.25, -0.2) is 0 Å². The van der Waals surface area contributed by atoms with Crippen LogP contribution in [-0.4, -0.2) is 36.5 Å². The lowest BCUT2D eigenvalue weighted by Gasteiger charge is -2.10. The first kappa shape index (κ1) is 21.3. The lowest BCUT2D eigenvalue weighted by Crippen LogP contribution is -2.10. The maximum atomic E-state index is 12.3. The van der Waals surface area contributed by atoms with Crippen molar-refractivity contribution in [1.29, 1.82) is 0 Å². The van der Waals surface area contributed by atoms with Gasteiger partial charge in [0.25, 0.3) is 0 Å². The summed E-state index contributed by atoms with van der Waals surface area (Å²) in [5.41, 5.74) is 4.43. The molecule has 0 saturated carbocycles. The van der Waals surface area contributed by atoms with E-state index in [-0.39, 0.29) is 12.4 Å². The SMILES string of the molecule is CN(C)Cc1ccc(-c2ccc(C(=O)CCCCCCCCO)cc2)cc1. The van der Waals surface area contributed by atoms with Crippen molar-refractivity contribution < 1.29 is 9.90 Å². The van der Waals surface area contributed by atoms with Crippen LogP contribution >= 0.6 is 0 Å². The first-order valence-corrected chi connectivity index (χ1v) is 10.1. The maximum Gasteiger partial charge on any atom is 0.162 e. The third kappa shape index (κ3) is 7.66. The minimum atomic E-state index is 0.234. The van der Waals surface area contributed by atoms with E-state index in [1.54, 1.807) is 0 Å². The molecule has 3 heteroatoms. The van der Waals surface area contributed by atoms with Crippen LogP contribution in [0.3, 0.4) is 0 Å². The summed E-state index contributed by atoms with van der Waals surface area (Å²) >= 11 is 0. The quantitative estimate of drug-likeness (QED) is 0.408. The number of rotatable bonds is 12. The fourth-order valence-corrected chi connectivity index (χ4v) is 3.27. The Morgan fingerprint density at radius 3 is 1.85 bits per heavy atom. The van der Waals surface area contributed by atoms with Crippen LogP contribution in [0.25, 0.3) is 11.1 Å². The largest absolute Gasteiger partial charge is 0.396 e. The average molecular weight is 368 g/mol. The maximum absolute atomic E-state index is 12.3. The Morgan fingerprint density at radius 1 is 0.778 bits per heavy atom. The summed E-state index contributed by atoms with van der Waals surface area (Å²) in [6.45, 7) is 1.23. The van der Waals surface area contributed by atoms with Gasteiger partial charge in [-0.15, -0.1) is 0 Å². The second-order valence-corrected chi connectivity index (χ2v) is 7.53. The van der Waals surface area contributed by atoms with Gasteiger partial charge in [-0.3, -0.25) is 4.79 Å². The molecule has 0 aliphatic rings. The van der Waals surface area contributed by atoms with Gasteiger partial charge in [-0.05, 0) is 43.6 Å². The van der Waals surface area contributed by atoms with Crippen LogP contribution < -0.4 is 0 Å². The van der Waals surface area contributed by atoms with E-state index in [9.17, 15) is 4.79 Å². The van der Waals surface area contributed by atoms with E-state index in [1.165, 1.54) is 11.1 Å². The van der Waals surface area contributed by atoms with Crippen LogP contribution in [0.1, 0.15) is 60.9 Å². The number of unbranched alkanes of at least 4 members (excludes halogenated alkanes) is 5.